The maximum atomic E-state index is 13.6. The third-order valence-corrected chi connectivity index (χ3v) is 4.22. The molecule has 0 aliphatic rings. The lowest BCUT2D eigenvalue weighted by Gasteiger charge is -2.14. The first-order valence-electron chi connectivity index (χ1n) is 8.55. The van der Waals surface area contributed by atoms with Gasteiger partial charge in [0.1, 0.15) is 16.8 Å². The van der Waals surface area contributed by atoms with Crippen molar-refractivity contribution in [1.82, 2.24) is 29.9 Å². The number of alkyl halides is 1. The fraction of sp³-hybridized carbons (Fsp3) is 0.333. The zero-order valence-electron chi connectivity index (χ0n) is 14.9. The van der Waals surface area contributed by atoms with Crippen LogP contribution in [-0.4, -0.2) is 42.2 Å². The number of aryl methyl sites for hydroxylation is 1. The number of aromatic amines is 1. The number of aromatic nitrogens is 6. The lowest BCUT2D eigenvalue weighted by Crippen LogP contribution is -2.25. The van der Waals surface area contributed by atoms with E-state index in [2.05, 4.69) is 36.6 Å². The van der Waals surface area contributed by atoms with Gasteiger partial charge in [-0.15, -0.1) is 5.10 Å². The number of hydrogen-bond donors (Lipinski definition) is 2. The van der Waals surface area contributed by atoms with Gasteiger partial charge in [-0.25, -0.2) is 14.1 Å². The SMILES string of the molecule is CCn1nnc2ccc(-c3c[nH]c4nc(NCC(C)(C)F)ncc34)cc21. The average Bonchev–Trinajstić information content (AvgIpc) is 3.22. The molecule has 134 valence electrons. The number of fused-ring (bicyclic) bond motifs is 2. The first-order valence-corrected chi connectivity index (χ1v) is 8.55. The predicted molar refractivity (Wildman–Crippen MR) is 99.8 cm³/mol. The molecule has 0 amide bonds. The predicted octanol–water partition coefficient (Wildman–Crippen LogP) is 3.55. The highest BCUT2D eigenvalue weighted by atomic mass is 19.1. The number of nitrogens with one attached hydrogen (secondary N) is 2. The Labute approximate surface area is 149 Å². The third kappa shape index (κ3) is 2.98. The van der Waals surface area contributed by atoms with Crippen LogP contribution in [0.2, 0.25) is 0 Å². The second kappa shape index (κ2) is 6.05. The first kappa shape index (κ1) is 16.4. The Morgan fingerprint density at radius 1 is 1.31 bits per heavy atom. The summed E-state index contributed by atoms with van der Waals surface area (Å²) in [6, 6.07) is 6.04. The smallest absolute Gasteiger partial charge is 0.224 e. The molecule has 0 fully saturated rings. The number of halogens is 1. The van der Waals surface area contributed by atoms with Crippen LogP contribution < -0.4 is 5.32 Å². The average molecular weight is 353 g/mol. The number of hydrogen-bond acceptors (Lipinski definition) is 5. The highest BCUT2D eigenvalue weighted by Gasteiger charge is 2.16. The zero-order valence-corrected chi connectivity index (χ0v) is 14.9. The van der Waals surface area contributed by atoms with Crippen molar-refractivity contribution < 1.29 is 4.39 Å². The number of nitrogens with zero attached hydrogens (tertiary/aromatic N) is 5. The van der Waals surface area contributed by atoms with Crippen molar-refractivity contribution in [3.05, 3.63) is 30.6 Å². The number of benzene rings is 1. The number of rotatable bonds is 5. The van der Waals surface area contributed by atoms with Gasteiger partial charge in [-0.1, -0.05) is 11.3 Å². The van der Waals surface area contributed by atoms with E-state index in [9.17, 15) is 4.39 Å². The maximum Gasteiger partial charge on any atom is 0.224 e. The summed E-state index contributed by atoms with van der Waals surface area (Å²) in [6.07, 6.45) is 3.66. The molecular formula is C18H20FN7. The van der Waals surface area contributed by atoms with E-state index in [-0.39, 0.29) is 6.54 Å². The van der Waals surface area contributed by atoms with Gasteiger partial charge in [0, 0.05) is 29.9 Å². The van der Waals surface area contributed by atoms with Crippen LogP contribution in [0.4, 0.5) is 10.3 Å². The van der Waals surface area contributed by atoms with Crippen molar-refractivity contribution in [3.8, 4) is 11.1 Å². The van der Waals surface area contributed by atoms with E-state index >= 15 is 0 Å². The van der Waals surface area contributed by atoms with Crippen molar-refractivity contribution in [2.75, 3.05) is 11.9 Å². The van der Waals surface area contributed by atoms with E-state index in [0.717, 1.165) is 34.1 Å². The Balaban J connectivity index is 1.71. The van der Waals surface area contributed by atoms with Crippen LogP contribution in [0.5, 0.6) is 0 Å². The first-order chi connectivity index (χ1) is 12.4. The van der Waals surface area contributed by atoms with Crippen LogP contribution in [0.25, 0.3) is 33.2 Å². The Morgan fingerprint density at radius 3 is 2.92 bits per heavy atom. The molecule has 2 N–H and O–H groups in total. The standard InChI is InChI=1S/C18H20FN7/c1-4-26-15-7-11(5-6-14(15)24-25-26)12-8-20-16-13(12)9-21-17(23-16)22-10-18(2,3)19/h5-9H,4,10H2,1-3H3,(H2,20,21,22,23). The molecule has 0 bridgehead atoms. The molecule has 0 atom stereocenters. The molecule has 4 aromatic rings. The highest BCUT2D eigenvalue weighted by molar-refractivity contribution is 5.95. The molecule has 1 aromatic carbocycles. The van der Waals surface area contributed by atoms with Gasteiger partial charge in [-0.05, 0) is 38.5 Å². The van der Waals surface area contributed by atoms with E-state index in [1.54, 1.807) is 6.20 Å². The molecule has 0 aliphatic carbocycles. The largest absolute Gasteiger partial charge is 0.351 e. The lowest BCUT2D eigenvalue weighted by atomic mass is 10.1. The van der Waals surface area contributed by atoms with E-state index in [1.807, 2.05) is 29.9 Å². The summed E-state index contributed by atoms with van der Waals surface area (Å²) in [7, 11) is 0. The molecule has 3 heterocycles. The Kier molecular flexibility index (Phi) is 3.82. The van der Waals surface area contributed by atoms with E-state index in [4.69, 9.17) is 0 Å². The van der Waals surface area contributed by atoms with Crippen molar-refractivity contribution in [3.63, 3.8) is 0 Å². The van der Waals surface area contributed by atoms with Crippen LogP contribution in [0, 0.1) is 0 Å². The molecule has 0 spiro atoms. The minimum absolute atomic E-state index is 0.150. The minimum atomic E-state index is -1.33. The molecule has 26 heavy (non-hydrogen) atoms. The Bertz CT molecular complexity index is 1070. The van der Waals surface area contributed by atoms with E-state index in [0.29, 0.717) is 11.6 Å². The van der Waals surface area contributed by atoms with Gasteiger partial charge >= 0.3 is 0 Å². The van der Waals surface area contributed by atoms with Crippen LogP contribution in [-0.2, 0) is 6.54 Å². The summed E-state index contributed by atoms with van der Waals surface area (Å²) in [5, 5.41) is 12.1. The van der Waals surface area contributed by atoms with Gasteiger partial charge in [-0.2, -0.15) is 4.98 Å². The maximum absolute atomic E-state index is 13.6. The summed E-state index contributed by atoms with van der Waals surface area (Å²) in [6.45, 7) is 5.97. The second-order valence-corrected chi connectivity index (χ2v) is 6.84. The van der Waals surface area contributed by atoms with Crippen LogP contribution >= 0.6 is 0 Å². The quantitative estimate of drug-likeness (QED) is 0.573. The molecule has 0 saturated carbocycles. The van der Waals surface area contributed by atoms with Crippen molar-refractivity contribution in [2.24, 2.45) is 0 Å². The van der Waals surface area contributed by atoms with Gasteiger partial charge in [-0.3, -0.25) is 0 Å². The summed E-state index contributed by atoms with van der Waals surface area (Å²) in [4.78, 5) is 11.9. The molecule has 7 nitrogen and oxygen atoms in total. The molecule has 0 unspecified atom stereocenters. The van der Waals surface area contributed by atoms with Crippen LogP contribution in [0.1, 0.15) is 20.8 Å². The summed E-state index contributed by atoms with van der Waals surface area (Å²) in [5.41, 5.74) is 3.27. The summed E-state index contributed by atoms with van der Waals surface area (Å²) < 4.78 is 15.5. The lowest BCUT2D eigenvalue weighted by molar-refractivity contribution is 0.234. The third-order valence-electron chi connectivity index (χ3n) is 4.22. The Morgan fingerprint density at radius 2 is 2.15 bits per heavy atom. The molecule has 0 saturated heterocycles. The van der Waals surface area contributed by atoms with E-state index < -0.39 is 5.67 Å². The van der Waals surface area contributed by atoms with Gasteiger partial charge in [0.25, 0.3) is 0 Å². The molecular weight excluding hydrogens is 333 g/mol. The van der Waals surface area contributed by atoms with Gasteiger partial charge in [0.2, 0.25) is 5.95 Å². The van der Waals surface area contributed by atoms with Crippen molar-refractivity contribution in [1.29, 1.82) is 0 Å². The van der Waals surface area contributed by atoms with E-state index in [1.165, 1.54) is 13.8 Å². The molecule has 4 rings (SSSR count). The zero-order chi connectivity index (χ0) is 18.3. The highest BCUT2D eigenvalue weighted by Crippen LogP contribution is 2.29. The molecule has 8 heteroatoms. The molecule has 3 aromatic heterocycles. The minimum Gasteiger partial charge on any atom is -0.351 e. The van der Waals surface area contributed by atoms with Crippen LogP contribution in [0.3, 0.4) is 0 Å². The monoisotopic (exact) mass is 353 g/mol. The number of anilines is 1. The topological polar surface area (TPSA) is 84.3 Å². The normalized spacial score (nSPS) is 12.2. The Hall–Kier alpha value is -3.03. The summed E-state index contributed by atoms with van der Waals surface area (Å²) >= 11 is 0. The van der Waals surface area contributed by atoms with Crippen molar-refractivity contribution in [2.45, 2.75) is 33.0 Å². The van der Waals surface area contributed by atoms with Gasteiger partial charge in [0.15, 0.2) is 0 Å². The number of H-pyrrole nitrogens is 1. The fourth-order valence-electron chi connectivity index (χ4n) is 2.89. The summed E-state index contributed by atoms with van der Waals surface area (Å²) in [5.74, 6) is 0.403. The van der Waals surface area contributed by atoms with Crippen LogP contribution in [0.15, 0.2) is 30.6 Å². The molecule has 0 aliphatic heterocycles. The van der Waals surface area contributed by atoms with Crippen molar-refractivity contribution >= 4 is 28.0 Å². The molecule has 0 radical (unpaired) electrons. The van der Waals surface area contributed by atoms with Gasteiger partial charge in [0.05, 0.1) is 12.1 Å². The second-order valence-electron chi connectivity index (χ2n) is 6.84. The fourth-order valence-corrected chi connectivity index (χ4v) is 2.89. The van der Waals surface area contributed by atoms with Gasteiger partial charge < -0.3 is 10.3 Å².